The van der Waals surface area contributed by atoms with E-state index in [-0.39, 0.29) is 18.4 Å². The van der Waals surface area contributed by atoms with Gasteiger partial charge >= 0.3 is 0 Å². The SMILES string of the molecule is CN1C(=O)COc2ccc(NC(=O)C(C)(C)Cc3ccccc3)cc21. The number of nitrogens with zero attached hydrogens (tertiary/aromatic N) is 1. The van der Waals surface area contributed by atoms with Crippen LogP contribution in [0.15, 0.2) is 48.5 Å². The van der Waals surface area contributed by atoms with Crippen LogP contribution in [-0.4, -0.2) is 25.5 Å². The smallest absolute Gasteiger partial charge is 0.264 e. The van der Waals surface area contributed by atoms with Crippen LogP contribution in [0.4, 0.5) is 11.4 Å². The molecule has 2 aromatic rings. The van der Waals surface area contributed by atoms with Crippen molar-refractivity contribution < 1.29 is 14.3 Å². The molecule has 0 saturated carbocycles. The van der Waals surface area contributed by atoms with Gasteiger partial charge in [-0.2, -0.15) is 0 Å². The predicted octanol–water partition coefficient (Wildman–Crippen LogP) is 3.25. The number of carbonyl (C=O) groups excluding carboxylic acids is 2. The van der Waals surface area contributed by atoms with Crippen LogP contribution in [0.5, 0.6) is 5.75 Å². The van der Waals surface area contributed by atoms with Crippen molar-refractivity contribution in [1.82, 2.24) is 0 Å². The molecule has 5 heteroatoms. The Balaban J connectivity index is 1.75. The minimum Gasteiger partial charge on any atom is -0.482 e. The van der Waals surface area contributed by atoms with Gasteiger partial charge in [0.1, 0.15) is 5.75 Å². The van der Waals surface area contributed by atoms with Crippen molar-refractivity contribution in [3.63, 3.8) is 0 Å². The van der Waals surface area contributed by atoms with Crippen LogP contribution in [0, 0.1) is 5.41 Å². The number of nitrogens with one attached hydrogen (secondary N) is 1. The molecular weight excluding hydrogens is 316 g/mol. The maximum Gasteiger partial charge on any atom is 0.264 e. The van der Waals surface area contributed by atoms with E-state index in [1.54, 1.807) is 30.1 Å². The molecule has 0 bridgehead atoms. The summed E-state index contributed by atoms with van der Waals surface area (Å²) in [4.78, 5) is 26.0. The van der Waals surface area contributed by atoms with Gasteiger partial charge in [0.2, 0.25) is 5.91 Å². The standard InChI is InChI=1S/C20H22N2O3/c1-20(2,12-14-7-5-4-6-8-14)19(24)21-15-9-10-17-16(11-15)22(3)18(23)13-25-17/h4-11H,12-13H2,1-3H3,(H,21,24). The fourth-order valence-electron chi connectivity index (χ4n) is 2.84. The Hall–Kier alpha value is -2.82. The van der Waals surface area contributed by atoms with Crippen molar-refractivity contribution in [3.8, 4) is 5.75 Å². The lowest BCUT2D eigenvalue weighted by Crippen LogP contribution is -2.36. The van der Waals surface area contributed by atoms with E-state index < -0.39 is 5.41 Å². The highest BCUT2D eigenvalue weighted by Crippen LogP contribution is 2.34. The Bertz CT molecular complexity index is 800. The molecule has 3 rings (SSSR count). The highest BCUT2D eigenvalue weighted by molar-refractivity contribution is 6.00. The Morgan fingerprint density at radius 3 is 2.64 bits per heavy atom. The molecule has 0 spiro atoms. The molecule has 1 heterocycles. The number of rotatable bonds is 4. The molecule has 0 fully saturated rings. The third-order valence-electron chi connectivity index (χ3n) is 4.41. The van der Waals surface area contributed by atoms with Gasteiger partial charge < -0.3 is 15.0 Å². The van der Waals surface area contributed by atoms with Crippen molar-refractivity contribution in [3.05, 3.63) is 54.1 Å². The monoisotopic (exact) mass is 338 g/mol. The molecule has 1 aliphatic heterocycles. The van der Waals surface area contributed by atoms with Crippen LogP contribution in [0.2, 0.25) is 0 Å². The second-order valence-electron chi connectivity index (χ2n) is 6.92. The van der Waals surface area contributed by atoms with Crippen molar-refractivity contribution in [2.75, 3.05) is 23.9 Å². The van der Waals surface area contributed by atoms with E-state index in [1.165, 1.54) is 0 Å². The first-order chi connectivity index (χ1) is 11.9. The van der Waals surface area contributed by atoms with E-state index in [0.29, 0.717) is 23.5 Å². The van der Waals surface area contributed by atoms with Gasteiger partial charge in [0.25, 0.3) is 5.91 Å². The minimum atomic E-state index is -0.560. The van der Waals surface area contributed by atoms with Crippen molar-refractivity contribution >= 4 is 23.2 Å². The van der Waals surface area contributed by atoms with Crippen molar-refractivity contribution in [2.24, 2.45) is 5.41 Å². The molecule has 0 aromatic heterocycles. The number of ether oxygens (including phenoxy) is 1. The normalized spacial score (nSPS) is 13.9. The lowest BCUT2D eigenvalue weighted by Gasteiger charge is -2.27. The quantitative estimate of drug-likeness (QED) is 0.931. The van der Waals surface area contributed by atoms with Gasteiger partial charge in [0, 0.05) is 18.2 Å². The van der Waals surface area contributed by atoms with Crippen LogP contribution in [0.25, 0.3) is 0 Å². The lowest BCUT2D eigenvalue weighted by molar-refractivity contribution is -0.124. The molecule has 2 amide bonds. The number of carbonyl (C=O) groups is 2. The van der Waals surface area contributed by atoms with Gasteiger partial charge in [-0.25, -0.2) is 0 Å². The predicted molar refractivity (Wildman–Crippen MR) is 97.9 cm³/mol. The van der Waals surface area contributed by atoms with E-state index in [9.17, 15) is 9.59 Å². The molecule has 0 unspecified atom stereocenters. The zero-order valence-electron chi connectivity index (χ0n) is 14.7. The first-order valence-electron chi connectivity index (χ1n) is 8.25. The summed E-state index contributed by atoms with van der Waals surface area (Å²) in [7, 11) is 1.70. The Labute approximate surface area is 147 Å². The molecule has 25 heavy (non-hydrogen) atoms. The zero-order chi connectivity index (χ0) is 18.0. The fraction of sp³-hybridized carbons (Fsp3) is 0.300. The number of amides is 2. The molecule has 5 nitrogen and oxygen atoms in total. The first-order valence-corrected chi connectivity index (χ1v) is 8.25. The Morgan fingerprint density at radius 1 is 1.20 bits per heavy atom. The van der Waals surface area contributed by atoms with E-state index >= 15 is 0 Å². The molecule has 130 valence electrons. The maximum atomic E-state index is 12.7. The van der Waals surface area contributed by atoms with Crippen molar-refractivity contribution in [2.45, 2.75) is 20.3 Å². The van der Waals surface area contributed by atoms with E-state index in [4.69, 9.17) is 4.74 Å². The van der Waals surface area contributed by atoms with Gasteiger partial charge in [0.05, 0.1) is 5.69 Å². The molecule has 0 atom stereocenters. The summed E-state index contributed by atoms with van der Waals surface area (Å²) in [6, 6.07) is 15.3. The van der Waals surface area contributed by atoms with E-state index in [2.05, 4.69) is 5.32 Å². The molecule has 1 aliphatic rings. The average molecular weight is 338 g/mol. The number of hydrogen-bond acceptors (Lipinski definition) is 3. The minimum absolute atomic E-state index is 0.0410. The van der Waals surface area contributed by atoms with Crippen LogP contribution in [0.3, 0.4) is 0 Å². The summed E-state index contributed by atoms with van der Waals surface area (Å²) in [6.45, 7) is 3.89. The zero-order valence-corrected chi connectivity index (χ0v) is 14.7. The van der Waals surface area contributed by atoms with Gasteiger partial charge in [-0.15, -0.1) is 0 Å². The van der Waals surface area contributed by atoms with Crippen LogP contribution in [0.1, 0.15) is 19.4 Å². The molecule has 1 N–H and O–H groups in total. The third-order valence-corrected chi connectivity index (χ3v) is 4.41. The van der Waals surface area contributed by atoms with Crippen molar-refractivity contribution in [1.29, 1.82) is 0 Å². The third kappa shape index (κ3) is 3.65. The highest BCUT2D eigenvalue weighted by Gasteiger charge is 2.29. The summed E-state index contributed by atoms with van der Waals surface area (Å²) < 4.78 is 5.41. The highest BCUT2D eigenvalue weighted by atomic mass is 16.5. The summed E-state index contributed by atoms with van der Waals surface area (Å²) in [5, 5.41) is 2.96. The Kier molecular flexibility index (Phi) is 4.49. The average Bonchev–Trinajstić information content (AvgIpc) is 2.59. The molecular formula is C20H22N2O3. The first kappa shape index (κ1) is 17.0. The number of fused-ring (bicyclic) bond motifs is 1. The van der Waals surface area contributed by atoms with E-state index in [1.807, 2.05) is 44.2 Å². The lowest BCUT2D eigenvalue weighted by atomic mass is 9.84. The summed E-state index contributed by atoms with van der Waals surface area (Å²) in [5.41, 5.74) is 1.87. The molecule has 0 saturated heterocycles. The van der Waals surface area contributed by atoms with Gasteiger partial charge in [-0.3, -0.25) is 9.59 Å². The van der Waals surface area contributed by atoms with Crippen LogP contribution >= 0.6 is 0 Å². The number of hydrogen-bond donors (Lipinski definition) is 1. The number of benzene rings is 2. The maximum absolute atomic E-state index is 12.7. The summed E-state index contributed by atoms with van der Waals surface area (Å²) in [6.07, 6.45) is 0.645. The molecule has 0 aliphatic carbocycles. The second kappa shape index (κ2) is 6.59. The summed E-state index contributed by atoms with van der Waals surface area (Å²) in [5.74, 6) is 0.464. The number of anilines is 2. The van der Waals surface area contributed by atoms with Gasteiger partial charge in [-0.1, -0.05) is 44.2 Å². The largest absolute Gasteiger partial charge is 0.482 e. The van der Waals surface area contributed by atoms with Gasteiger partial charge in [-0.05, 0) is 30.2 Å². The number of likely N-dealkylation sites (N-methyl/N-ethyl adjacent to an activating group) is 1. The van der Waals surface area contributed by atoms with E-state index in [0.717, 1.165) is 5.56 Å². The Morgan fingerprint density at radius 2 is 1.92 bits per heavy atom. The van der Waals surface area contributed by atoms with Crippen LogP contribution < -0.4 is 15.0 Å². The second-order valence-corrected chi connectivity index (χ2v) is 6.92. The van der Waals surface area contributed by atoms with Crippen LogP contribution in [-0.2, 0) is 16.0 Å². The van der Waals surface area contributed by atoms with Gasteiger partial charge in [0.15, 0.2) is 6.61 Å². The summed E-state index contributed by atoms with van der Waals surface area (Å²) >= 11 is 0. The molecule has 2 aromatic carbocycles. The topological polar surface area (TPSA) is 58.6 Å². The fourth-order valence-corrected chi connectivity index (χ4v) is 2.84. The molecule has 0 radical (unpaired) electrons.